The van der Waals surface area contributed by atoms with Crippen molar-refractivity contribution in [1.29, 1.82) is 0 Å². The van der Waals surface area contributed by atoms with E-state index in [1.54, 1.807) is 24.3 Å². The summed E-state index contributed by atoms with van der Waals surface area (Å²) in [7, 11) is 0. The highest BCUT2D eigenvalue weighted by atomic mass is 79.9. The quantitative estimate of drug-likeness (QED) is 0.778. The normalized spacial score (nSPS) is 26.9. The number of benzene rings is 2. The van der Waals surface area contributed by atoms with E-state index in [0.29, 0.717) is 17.0 Å². The number of ether oxygens (including phenoxy) is 1. The Balaban J connectivity index is 1.66. The molecule has 0 radical (unpaired) electrons. The van der Waals surface area contributed by atoms with Gasteiger partial charge in [-0.2, -0.15) is 0 Å². The molecular formula is C21H22BrNO3. The van der Waals surface area contributed by atoms with Crippen LogP contribution < -0.4 is 0 Å². The number of rotatable bonds is 4. The van der Waals surface area contributed by atoms with Crippen molar-refractivity contribution in [2.24, 2.45) is 5.92 Å². The lowest BCUT2D eigenvalue weighted by molar-refractivity contribution is -0.177. The third-order valence-electron chi connectivity index (χ3n) is 5.60. The maximum atomic E-state index is 13.2. The van der Waals surface area contributed by atoms with Crippen LogP contribution in [0.2, 0.25) is 0 Å². The lowest BCUT2D eigenvalue weighted by Gasteiger charge is -2.44. The summed E-state index contributed by atoms with van der Waals surface area (Å²) in [6, 6.07) is 16.2. The van der Waals surface area contributed by atoms with Crippen LogP contribution in [0.5, 0.6) is 0 Å². The first-order chi connectivity index (χ1) is 12.6. The summed E-state index contributed by atoms with van der Waals surface area (Å²) >= 11 is 3.40. The molecule has 0 saturated carbocycles. The number of aliphatic hydroxyl groups is 1. The van der Waals surface area contributed by atoms with Crippen molar-refractivity contribution in [3.8, 4) is 0 Å². The van der Waals surface area contributed by atoms with E-state index < -0.39 is 11.6 Å². The van der Waals surface area contributed by atoms with Crippen LogP contribution in [-0.2, 0) is 15.1 Å². The standard InChI is InChI=1S/C21H22BrNO3/c22-18-8-6-17(7-9-18)21(25,16-4-2-1-3-5-16)20(24)26-19-14-23-12-10-15(19)11-13-23/h1-9,15,19,25H,10-14H2/t19-,21?/m0/s1. The van der Waals surface area contributed by atoms with Gasteiger partial charge in [0.05, 0.1) is 0 Å². The molecule has 0 spiro atoms. The van der Waals surface area contributed by atoms with Crippen LogP contribution in [0, 0.1) is 5.92 Å². The summed E-state index contributed by atoms with van der Waals surface area (Å²) in [5.74, 6) is -0.196. The smallest absolute Gasteiger partial charge is 0.348 e. The highest BCUT2D eigenvalue weighted by molar-refractivity contribution is 9.10. The van der Waals surface area contributed by atoms with Gasteiger partial charge in [0.1, 0.15) is 6.10 Å². The minimum absolute atomic E-state index is 0.143. The fourth-order valence-electron chi connectivity index (χ4n) is 4.04. The first-order valence-corrected chi connectivity index (χ1v) is 9.84. The molecule has 1 unspecified atom stereocenters. The van der Waals surface area contributed by atoms with E-state index in [2.05, 4.69) is 20.8 Å². The maximum absolute atomic E-state index is 13.2. The molecular weight excluding hydrogens is 394 g/mol. The van der Waals surface area contributed by atoms with Gasteiger partial charge in [-0.1, -0.05) is 58.4 Å². The van der Waals surface area contributed by atoms with Gasteiger partial charge < -0.3 is 9.84 Å². The predicted molar refractivity (Wildman–Crippen MR) is 103 cm³/mol. The number of fused-ring (bicyclic) bond motifs is 3. The molecule has 3 aliphatic rings. The predicted octanol–water partition coefficient (Wildman–Crippen LogP) is 3.32. The fourth-order valence-corrected chi connectivity index (χ4v) is 4.30. The van der Waals surface area contributed by atoms with Crippen molar-refractivity contribution in [1.82, 2.24) is 4.90 Å². The molecule has 3 fully saturated rings. The van der Waals surface area contributed by atoms with E-state index >= 15 is 0 Å². The fraction of sp³-hybridized carbons (Fsp3) is 0.381. The molecule has 2 aromatic carbocycles. The van der Waals surface area contributed by atoms with Gasteiger partial charge in [0, 0.05) is 11.0 Å². The Labute approximate surface area is 161 Å². The number of piperidine rings is 3. The van der Waals surface area contributed by atoms with Gasteiger partial charge >= 0.3 is 5.97 Å². The van der Waals surface area contributed by atoms with Crippen LogP contribution in [0.1, 0.15) is 24.0 Å². The second-order valence-electron chi connectivity index (χ2n) is 7.17. The van der Waals surface area contributed by atoms with Crippen LogP contribution in [0.3, 0.4) is 0 Å². The van der Waals surface area contributed by atoms with E-state index in [4.69, 9.17) is 4.74 Å². The van der Waals surface area contributed by atoms with Gasteiger partial charge in [0.2, 0.25) is 5.60 Å². The minimum atomic E-state index is -1.81. The van der Waals surface area contributed by atoms with Gasteiger partial charge in [-0.15, -0.1) is 0 Å². The Bertz CT molecular complexity index is 772. The minimum Gasteiger partial charge on any atom is -0.458 e. The van der Waals surface area contributed by atoms with Crippen molar-refractivity contribution in [2.45, 2.75) is 24.5 Å². The number of hydrogen-bond donors (Lipinski definition) is 1. The maximum Gasteiger partial charge on any atom is 0.348 e. The van der Waals surface area contributed by atoms with Crippen molar-refractivity contribution >= 4 is 21.9 Å². The summed E-state index contributed by atoms with van der Waals surface area (Å²) in [4.78, 5) is 15.5. The van der Waals surface area contributed by atoms with E-state index in [0.717, 1.165) is 36.9 Å². The van der Waals surface area contributed by atoms with E-state index in [-0.39, 0.29) is 6.10 Å². The van der Waals surface area contributed by atoms with Crippen molar-refractivity contribution in [2.75, 3.05) is 19.6 Å². The van der Waals surface area contributed by atoms with Gasteiger partial charge in [0.15, 0.2) is 0 Å². The average molecular weight is 416 g/mol. The Morgan fingerprint density at radius 3 is 2.23 bits per heavy atom. The molecule has 2 aromatic rings. The van der Waals surface area contributed by atoms with Crippen LogP contribution in [0.15, 0.2) is 59.1 Å². The molecule has 4 nitrogen and oxygen atoms in total. The molecule has 5 heteroatoms. The number of nitrogens with zero attached hydrogens (tertiary/aromatic N) is 1. The van der Waals surface area contributed by atoms with Gasteiger partial charge in [0.25, 0.3) is 0 Å². The third kappa shape index (κ3) is 3.20. The first kappa shape index (κ1) is 17.7. The van der Waals surface area contributed by atoms with Gasteiger partial charge in [-0.05, 0) is 55.1 Å². The number of hydrogen-bond acceptors (Lipinski definition) is 4. The molecule has 2 bridgehead atoms. The number of carbonyl (C=O) groups is 1. The van der Waals surface area contributed by atoms with Gasteiger partial charge in [-0.25, -0.2) is 4.79 Å². The van der Waals surface area contributed by atoms with Crippen molar-refractivity contribution in [3.63, 3.8) is 0 Å². The molecule has 26 heavy (non-hydrogen) atoms. The lowest BCUT2D eigenvalue weighted by Crippen LogP contribution is -2.53. The molecule has 3 aliphatic heterocycles. The summed E-state index contributed by atoms with van der Waals surface area (Å²) in [6.07, 6.45) is 1.97. The molecule has 0 amide bonds. The highest BCUT2D eigenvalue weighted by Crippen LogP contribution is 2.35. The molecule has 136 valence electrons. The summed E-state index contributed by atoms with van der Waals surface area (Å²) in [5, 5.41) is 11.5. The van der Waals surface area contributed by atoms with Crippen LogP contribution >= 0.6 is 15.9 Å². The Kier molecular flexibility index (Phi) is 4.86. The molecule has 1 N–H and O–H groups in total. The van der Waals surface area contributed by atoms with Crippen molar-refractivity contribution in [3.05, 3.63) is 70.2 Å². The number of carbonyl (C=O) groups excluding carboxylic acids is 1. The van der Waals surface area contributed by atoms with Crippen LogP contribution in [0.4, 0.5) is 0 Å². The van der Waals surface area contributed by atoms with Crippen LogP contribution in [0.25, 0.3) is 0 Å². The van der Waals surface area contributed by atoms with E-state index in [1.807, 2.05) is 30.3 Å². The van der Waals surface area contributed by atoms with E-state index in [1.165, 1.54) is 0 Å². The topological polar surface area (TPSA) is 49.8 Å². The zero-order valence-corrected chi connectivity index (χ0v) is 16.1. The average Bonchev–Trinajstić information content (AvgIpc) is 2.69. The monoisotopic (exact) mass is 415 g/mol. The van der Waals surface area contributed by atoms with E-state index in [9.17, 15) is 9.90 Å². The summed E-state index contributed by atoms with van der Waals surface area (Å²) < 4.78 is 6.78. The Morgan fingerprint density at radius 2 is 1.65 bits per heavy atom. The highest BCUT2D eigenvalue weighted by Gasteiger charge is 2.45. The SMILES string of the molecule is O=C(O[C@H]1CN2CCC1CC2)C(O)(c1ccccc1)c1ccc(Br)cc1. The first-order valence-electron chi connectivity index (χ1n) is 9.05. The second kappa shape index (κ2) is 7.14. The Hall–Kier alpha value is -1.69. The molecule has 0 aliphatic carbocycles. The molecule has 3 saturated heterocycles. The number of esters is 1. The molecule has 0 aromatic heterocycles. The molecule has 3 heterocycles. The van der Waals surface area contributed by atoms with Gasteiger partial charge in [-0.3, -0.25) is 4.90 Å². The van der Waals surface area contributed by atoms with Crippen molar-refractivity contribution < 1.29 is 14.6 Å². The zero-order valence-electron chi connectivity index (χ0n) is 14.5. The lowest BCUT2D eigenvalue weighted by atomic mass is 9.84. The second-order valence-corrected chi connectivity index (χ2v) is 8.08. The summed E-state index contributed by atoms with van der Waals surface area (Å²) in [6.45, 7) is 2.92. The van der Waals surface area contributed by atoms with Crippen LogP contribution in [-0.4, -0.2) is 41.7 Å². The number of halogens is 1. The summed E-state index contributed by atoms with van der Waals surface area (Å²) in [5.41, 5.74) is -0.777. The largest absolute Gasteiger partial charge is 0.458 e. The molecule has 2 atom stereocenters. The zero-order chi connectivity index (χ0) is 18.1. The third-order valence-corrected chi connectivity index (χ3v) is 6.13. The molecule has 5 rings (SSSR count). The Morgan fingerprint density at radius 1 is 1.04 bits per heavy atom.